The van der Waals surface area contributed by atoms with E-state index in [4.69, 9.17) is 4.74 Å². The average molecular weight is 311 g/mol. The molecule has 0 spiro atoms. The second-order valence-corrected chi connectivity index (χ2v) is 5.94. The summed E-state index contributed by atoms with van der Waals surface area (Å²) in [6.45, 7) is 4.64. The second-order valence-electron chi connectivity index (χ2n) is 5.00. The number of thiophene rings is 1. The Labute approximate surface area is 128 Å². The zero-order valence-corrected chi connectivity index (χ0v) is 13.2. The van der Waals surface area contributed by atoms with Crippen LogP contribution in [0.1, 0.15) is 16.6 Å². The van der Waals surface area contributed by atoms with Crippen LogP contribution in [0.5, 0.6) is 0 Å². The van der Waals surface area contributed by atoms with Gasteiger partial charge >= 0.3 is 6.03 Å². The van der Waals surface area contributed by atoms with Crippen molar-refractivity contribution in [3.8, 4) is 0 Å². The molecule has 0 saturated carbocycles. The van der Waals surface area contributed by atoms with Crippen LogP contribution in [-0.2, 0) is 4.74 Å². The van der Waals surface area contributed by atoms with E-state index in [1.54, 1.807) is 12.0 Å². The Morgan fingerprint density at radius 3 is 2.90 bits per heavy atom. The van der Waals surface area contributed by atoms with E-state index in [2.05, 4.69) is 5.32 Å². The van der Waals surface area contributed by atoms with Gasteiger partial charge in [-0.3, -0.25) is 4.79 Å². The van der Waals surface area contributed by atoms with Crippen molar-refractivity contribution in [2.24, 2.45) is 0 Å². The summed E-state index contributed by atoms with van der Waals surface area (Å²) in [6.07, 6.45) is 0. The predicted octanol–water partition coefficient (Wildman–Crippen LogP) is 1.25. The van der Waals surface area contributed by atoms with Crippen LogP contribution in [0, 0.1) is 0 Å². The highest BCUT2D eigenvalue weighted by atomic mass is 32.1. The number of hydrogen-bond acceptors (Lipinski definition) is 4. The molecule has 1 aliphatic heterocycles. The standard InChI is InChI=1S/C14H21N3O3S/c1-11-10-16(13(18)12-4-3-9-21-12)6-7-17(11)14(19)15-5-8-20-2/h3-4,9,11H,5-8,10H2,1-2H3,(H,15,19)/t11-/m1/s1. The summed E-state index contributed by atoms with van der Waals surface area (Å²) in [5.74, 6) is 0.0521. The highest BCUT2D eigenvalue weighted by Gasteiger charge is 2.30. The molecule has 0 aliphatic carbocycles. The zero-order valence-electron chi connectivity index (χ0n) is 12.4. The van der Waals surface area contributed by atoms with Crippen molar-refractivity contribution < 1.29 is 14.3 Å². The molecule has 0 radical (unpaired) electrons. The molecule has 0 aromatic carbocycles. The summed E-state index contributed by atoms with van der Waals surface area (Å²) in [4.78, 5) is 28.7. The van der Waals surface area contributed by atoms with Gasteiger partial charge in [-0.05, 0) is 18.4 Å². The molecule has 1 aromatic heterocycles. The number of carbonyl (C=O) groups excluding carboxylic acids is 2. The van der Waals surface area contributed by atoms with E-state index < -0.39 is 0 Å². The number of urea groups is 1. The number of amides is 3. The summed E-state index contributed by atoms with van der Waals surface area (Å²) in [5, 5.41) is 4.71. The first-order chi connectivity index (χ1) is 10.1. The maximum atomic E-state index is 12.3. The normalized spacial score (nSPS) is 18.7. The number of carbonyl (C=O) groups is 2. The summed E-state index contributed by atoms with van der Waals surface area (Å²) >= 11 is 1.45. The van der Waals surface area contributed by atoms with E-state index in [9.17, 15) is 9.59 Å². The quantitative estimate of drug-likeness (QED) is 0.851. The highest BCUT2D eigenvalue weighted by molar-refractivity contribution is 7.12. The minimum atomic E-state index is -0.0947. The van der Waals surface area contributed by atoms with Crippen molar-refractivity contribution in [2.45, 2.75) is 13.0 Å². The van der Waals surface area contributed by atoms with Crippen LogP contribution in [0.15, 0.2) is 17.5 Å². The third-order valence-electron chi connectivity index (χ3n) is 3.49. The van der Waals surface area contributed by atoms with Crippen molar-refractivity contribution in [1.82, 2.24) is 15.1 Å². The number of rotatable bonds is 4. The van der Waals surface area contributed by atoms with Crippen LogP contribution < -0.4 is 5.32 Å². The topological polar surface area (TPSA) is 61.9 Å². The molecule has 1 N–H and O–H groups in total. The first-order valence-electron chi connectivity index (χ1n) is 6.99. The Balaban J connectivity index is 1.87. The Hall–Kier alpha value is -1.60. The molecule has 6 nitrogen and oxygen atoms in total. The number of nitrogens with zero attached hydrogens (tertiary/aromatic N) is 2. The van der Waals surface area contributed by atoms with E-state index in [0.29, 0.717) is 32.8 Å². The smallest absolute Gasteiger partial charge is 0.317 e. The predicted molar refractivity (Wildman–Crippen MR) is 81.7 cm³/mol. The number of ether oxygens (including phenoxy) is 1. The lowest BCUT2D eigenvalue weighted by atomic mass is 10.2. The van der Waals surface area contributed by atoms with Crippen molar-refractivity contribution >= 4 is 23.3 Å². The van der Waals surface area contributed by atoms with Gasteiger partial charge in [-0.2, -0.15) is 0 Å². The minimum Gasteiger partial charge on any atom is -0.383 e. The second kappa shape index (κ2) is 7.42. The van der Waals surface area contributed by atoms with Crippen molar-refractivity contribution in [1.29, 1.82) is 0 Å². The summed E-state index contributed by atoms with van der Waals surface area (Å²) in [7, 11) is 1.60. The molecule has 1 fully saturated rings. The van der Waals surface area contributed by atoms with Crippen LogP contribution in [0.4, 0.5) is 4.79 Å². The molecule has 0 unspecified atom stereocenters. The van der Waals surface area contributed by atoms with Crippen molar-refractivity contribution in [3.63, 3.8) is 0 Å². The van der Waals surface area contributed by atoms with Gasteiger partial charge in [-0.1, -0.05) is 6.07 Å². The SMILES string of the molecule is COCCNC(=O)N1CCN(C(=O)c2cccs2)C[C@H]1C. The third kappa shape index (κ3) is 3.95. The van der Waals surface area contributed by atoms with E-state index in [0.717, 1.165) is 4.88 Å². The molecule has 2 rings (SSSR count). The van der Waals surface area contributed by atoms with Gasteiger partial charge in [0.25, 0.3) is 5.91 Å². The molecule has 1 saturated heterocycles. The van der Waals surface area contributed by atoms with Crippen LogP contribution >= 0.6 is 11.3 Å². The Morgan fingerprint density at radius 2 is 2.29 bits per heavy atom. The van der Waals surface area contributed by atoms with Gasteiger partial charge in [0.15, 0.2) is 0 Å². The Kier molecular flexibility index (Phi) is 5.58. The molecule has 1 aromatic rings. The molecule has 2 heterocycles. The van der Waals surface area contributed by atoms with Crippen molar-refractivity contribution in [2.75, 3.05) is 39.9 Å². The molecule has 1 atom stereocenters. The first kappa shape index (κ1) is 15.8. The zero-order chi connectivity index (χ0) is 15.2. The fourth-order valence-corrected chi connectivity index (χ4v) is 3.05. The molecule has 3 amide bonds. The van der Waals surface area contributed by atoms with Crippen LogP contribution in [-0.4, -0.2) is 67.7 Å². The minimum absolute atomic E-state index is 0.00482. The van der Waals surface area contributed by atoms with Gasteiger partial charge < -0.3 is 19.9 Å². The van der Waals surface area contributed by atoms with Gasteiger partial charge in [0.05, 0.1) is 11.5 Å². The van der Waals surface area contributed by atoms with Gasteiger partial charge in [-0.25, -0.2) is 4.79 Å². The number of methoxy groups -OCH3 is 1. The van der Waals surface area contributed by atoms with Crippen molar-refractivity contribution in [3.05, 3.63) is 22.4 Å². The fraction of sp³-hybridized carbons (Fsp3) is 0.571. The first-order valence-corrected chi connectivity index (χ1v) is 7.87. The van der Waals surface area contributed by atoms with Crippen LogP contribution in [0.3, 0.4) is 0 Å². The maximum Gasteiger partial charge on any atom is 0.317 e. The van der Waals surface area contributed by atoms with Gasteiger partial charge in [0.1, 0.15) is 0 Å². The monoisotopic (exact) mass is 311 g/mol. The molecule has 21 heavy (non-hydrogen) atoms. The summed E-state index contributed by atoms with van der Waals surface area (Å²) in [6, 6.07) is 3.62. The van der Waals surface area contributed by atoms with Crippen LogP contribution in [0.2, 0.25) is 0 Å². The Bertz CT molecular complexity index is 478. The average Bonchev–Trinajstić information content (AvgIpc) is 3.00. The number of piperazine rings is 1. The highest BCUT2D eigenvalue weighted by Crippen LogP contribution is 2.16. The summed E-state index contributed by atoms with van der Waals surface area (Å²) < 4.78 is 4.91. The van der Waals surface area contributed by atoms with Gasteiger partial charge in [0.2, 0.25) is 0 Å². The molecular weight excluding hydrogens is 290 g/mol. The van der Waals surface area contributed by atoms with E-state index in [1.165, 1.54) is 11.3 Å². The van der Waals surface area contributed by atoms with Gasteiger partial charge in [0, 0.05) is 39.3 Å². The maximum absolute atomic E-state index is 12.3. The van der Waals surface area contributed by atoms with E-state index in [-0.39, 0.29) is 18.0 Å². The lowest BCUT2D eigenvalue weighted by molar-refractivity contribution is 0.0582. The lowest BCUT2D eigenvalue weighted by Crippen LogP contribution is -2.57. The molecule has 116 valence electrons. The number of nitrogens with one attached hydrogen (secondary N) is 1. The third-order valence-corrected chi connectivity index (χ3v) is 4.35. The van der Waals surface area contributed by atoms with Crippen LogP contribution in [0.25, 0.3) is 0 Å². The molecule has 0 bridgehead atoms. The molecule has 1 aliphatic rings. The Morgan fingerprint density at radius 1 is 1.48 bits per heavy atom. The van der Waals surface area contributed by atoms with E-state index >= 15 is 0 Å². The fourth-order valence-electron chi connectivity index (χ4n) is 2.36. The molecular formula is C14H21N3O3S. The summed E-state index contributed by atoms with van der Waals surface area (Å²) in [5.41, 5.74) is 0. The number of hydrogen-bond donors (Lipinski definition) is 1. The largest absolute Gasteiger partial charge is 0.383 e. The molecule has 7 heteroatoms. The lowest BCUT2D eigenvalue weighted by Gasteiger charge is -2.39. The van der Waals surface area contributed by atoms with Gasteiger partial charge in [-0.15, -0.1) is 11.3 Å². The van der Waals surface area contributed by atoms with E-state index in [1.807, 2.05) is 29.3 Å².